The molecule has 116 valence electrons. The van der Waals surface area contributed by atoms with Gasteiger partial charge in [0.25, 0.3) is 0 Å². The molecule has 0 amide bonds. The number of hydrogen-bond acceptors (Lipinski definition) is 3. The van der Waals surface area contributed by atoms with Crippen molar-refractivity contribution in [1.29, 1.82) is 0 Å². The van der Waals surface area contributed by atoms with Crippen LogP contribution in [0.4, 0.5) is 0 Å². The van der Waals surface area contributed by atoms with Crippen molar-refractivity contribution < 1.29 is 9.53 Å². The van der Waals surface area contributed by atoms with E-state index in [0.29, 0.717) is 13.0 Å². The molecule has 0 aromatic heterocycles. The summed E-state index contributed by atoms with van der Waals surface area (Å²) in [5.41, 5.74) is 11.8. The van der Waals surface area contributed by atoms with E-state index < -0.39 is 6.04 Å². The van der Waals surface area contributed by atoms with E-state index in [0.717, 1.165) is 16.7 Å². The van der Waals surface area contributed by atoms with Crippen LogP contribution in [0.25, 0.3) is 11.1 Å². The Morgan fingerprint density at radius 1 is 1.14 bits per heavy atom. The van der Waals surface area contributed by atoms with Crippen molar-refractivity contribution in [1.82, 2.24) is 0 Å². The van der Waals surface area contributed by atoms with Gasteiger partial charge in [0.1, 0.15) is 6.04 Å². The van der Waals surface area contributed by atoms with Gasteiger partial charge >= 0.3 is 5.97 Å². The van der Waals surface area contributed by atoms with Crippen LogP contribution >= 0.6 is 0 Å². The summed E-state index contributed by atoms with van der Waals surface area (Å²) in [6.45, 7) is 6.34. The number of esters is 1. The highest BCUT2D eigenvalue weighted by atomic mass is 16.5. The van der Waals surface area contributed by atoms with Crippen molar-refractivity contribution >= 4 is 5.97 Å². The Labute approximate surface area is 132 Å². The highest BCUT2D eigenvalue weighted by Crippen LogP contribution is 2.26. The third kappa shape index (κ3) is 3.74. The molecule has 0 aliphatic heterocycles. The minimum atomic E-state index is -0.632. The van der Waals surface area contributed by atoms with E-state index in [4.69, 9.17) is 10.5 Å². The summed E-state index contributed by atoms with van der Waals surface area (Å²) in [6.07, 6.45) is 0.474. The molecule has 3 nitrogen and oxygen atoms in total. The van der Waals surface area contributed by atoms with Gasteiger partial charge < -0.3 is 10.5 Å². The molecule has 2 aromatic carbocycles. The molecule has 1 unspecified atom stereocenters. The molecular formula is C19H23NO2. The van der Waals surface area contributed by atoms with Gasteiger partial charge in [-0.3, -0.25) is 4.79 Å². The van der Waals surface area contributed by atoms with Crippen LogP contribution in [-0.2, 0) is 16.0 Å². The Morgan fingerprint density at radius 2 is 1.86 bits per heavy atom. The lowest BCUT2D eigenvalue weighted by Gasteiger charge is -2.15. The molecule has 0 bridgehead atoms. The average molecular weight is 297 g/mol. The fraction of sp³-hybridized carbons (Fsp3) is 0.316. The van der Waals surface area contributed by atoms with Gasteiger partial charge in [0.2, 0.25) is 0 Å². The molecule has 0 saturated heterocycles. The molecule has 2 rings (SSSR count). The smallest absolute Gasteiger partial charge is 0.323 e. The van der Waals surface area contributed by atoms with Crippen LogP contribution in [0.2, 0.25) is 0 Å². The molecule has 22 heavy (non-hydrogen) atoms. The van der Waals surface area contributed by atoms with Gasteiger partial charge in [0.15, 0.2) is 0 Å². The molecule has 0 fully saturated rings. The normalized spacial score (nSPS) is 12.0. The molecule has 3 heteroatoms. The summed E-state index contributed by atoms with van der Waals surface area (Å²) < 4.78 is 4.99. The van der Waals surface area contributed by atoms with Crippen LogP contribution in [0.15, 0.2) is 42.5 Å². The van der Waals surface area contributed by atoms with Crippen LogP contribution in [0.3, 0.4) is 0 Å². The van der Waals surface area contributed by atoms with Crippen LogP contribution in [0, 0.1) is 13.8 Å². The lowest BCUT2D eigenvalue weighted by molar-refractivity contribution is -0.144. The maximum Gasteiger partial charge on any atom is 0.323 e. The van der Waals surface area contributed by atoms with Crippen molar-refractivity contribution in [3.63, 3.8) is 0 Å². The summed E-state index contributed by atoms with van der Waals surface area (Å²) in [5.74, 6) is -0.350. The zero-order chi connectivity index (χ0) is 16.1. The van der Waals surface area contributed by atoms with E-state index in [1.807, 2.05) is 18.2 Å². The topological polar surface area (TPSA) is 52.3 Å². The van der Waals surface area contributed by atoms with E-state index >= 15 is 0 Å². The summed E-state index contributed by atoms with van der Waals surface area (Å²) in [7, 11) is 0. The van der Waals surface area contributed by atoms with Crippen molar-refractivity contribution in [3.8, 4) is 11.1 Å². The number of rotatable bonds is 5. The highest BCUT2D eigenvalue weighted by Gasteiger charge is 2.17. The molecule has 0 radical (unpaired) electrons. The second-order valence-corrected chi connectivity index (χ2v) is 5.52. The second kappa shape index (κ2) is 7.23. The summed E-state index contributed by atoms with van der Waals surface area (Å²) in [4.78, 5) is 11.7. The number of carbonyl (C=O) groups excluding carboxylic acids is 1. The number of benzene rings is 2. The van der Waals surface area contributed by atoms with Crippen LogP contribution in [0.5, 0.6) is 0 Å². The van der Waals surface area contributed by atoms with Gasteiger partial charge in [-0.2, -0.15) is 0 Å². The van der Waals surface area contributed by atoms with Crippen LogP contribution in [0.1, 0.15) is 23.6 Å². The first-order valence-electron chi connectivity index (χ1n) is 7.60. The Hall–Kier alpha value is -2.13. The maximum absolute atomic E-state index is 11.7. The third-order valence-corrected chi connectivity index (χ3v) is 3.86. The van der Waals surface area contributed by atoms with Crippen LogP contribution < -0.4 is 5.73 Å². The molecule has 1 atom stereocenters. The highest BCUT2D eigenvalue weighted by molar-refractivity contribution is 5.77. The van der Waals surface area contributed by atoms with E-state index in [9.17, 15) is 4.79 Å². The molecular weight excluding hydrogens is 274 g/mol. The molecule has 0 saturated carbocycles. The lowest BCUT2D eigenvalue weighted by atomic mass is 9.93. The lowest BCUT2D eigenvalue weighted by Crippen LogP contribution is -2.34. The third-order valence-electron chi connectivity index (χ3n) is 3.86. The van der Waals surface area contributed by atoms with Gasteiger partial charge in [-0.25, -0.2) is 0 Å². The van der Waals surface area contributed by atoms with Crippen molar-refractivity contribution in [2.75, 3.05) is 6.61 Å². The number of aryl methyl sites for hydroxylation is 2. The van der Waals surface area contributed by atoms with Crippen molar-refractivity contribution in [2.24, 2.45) is 5.73 Å². The molecule has 0 spiro atoms. The van der Waals surface area contributed by atoms with Gasteiger partial charge in [0.05, 0.1) is 6.61 Å². The van der Waals surface area contributed by atoms with Crippen LogP contribution in [-0.4, -0.2) is 18.6 Å². The maximum atomic E-state index is 11.7. The van der Waals surface area contributed by atoms with Gasteiger partial charge in [-0.15, -0.1) is 0 Å². The van der Waals surface area contributed by atoms with Crippen molar-refractivity contribution in [2.45, 2.75) is 33.2 Å². The summed E-state index contributed by atoms with van der Waals surface area (Å²) in [5, 5.41) is 0. The first-order chi connectivity index (χ1) is 10.5. The minimum Gasteiger partial charge on any atom is -0.465 e. The Bertz CT molecular complexity index is 664. The number of carbonyl (C=O) groups is 1. The molecule has 2 aromatic rings. The number of nitrogens with two attached hydrogens (primary N) is 1. The predicted octanol–water partition coefficient (Wildman–Crippen LogP) is 3.40. The molecule has 0 aliphatic rings. The largest absolute Gasteiger partial charge is 0.465 e. The zero-order valence-electron chi connectivity index (χ0n) is 13.4. The van der Waals surface area contributed by atoms with E-state index in [-0.39, 0.29) is 5.97 Å². The minimum absolute atomic E-state index is 0.350. The quantitative estimate of drug-likeness (QED) is 0.861. The van der Waals surface area contributed by atoms with Gasteiger partial charge in [-0.05, 0) is 55.0 Å². The summed E-state index contributed by atoms with van der Waals surface area (Å²) >= 11 is 0. The Balaban J connectivity index is 2.30. The monoisotopic (exact) mass is 297 g/mol. The van der Waals surface area contributed by atoms with E-state index in [2.05, 4.69) is 38.1 Å². The fourth-order valence-electron chi connectivity index (χ4n) is 2.46. The number of ether oxygens (including phenoxy) is 1. The van der Waals surface area contributed by atoms with Gasteiger partial charge in [-0.1, -0.05) is 42.5 Å². The fourth-order valence-corrected chi connectivity index (χ4v) is 2.46. The zero-order valence-corrected chi connectivity index (χ0v) is 13.4. The van der Waals surface area contributed by atoms with Gasteiger partial charge in [0, 0.05) is 0 Å². The predicted molar refractivity (Wildman–Crippen MR) is 89.7 cm³/mol. The number of hydrogen-bond donors (Lipinski definition) is 1. The first kappa shape index (κ1) is 16.2. The summed E-state index contributed by atoms with van der Waals surface area (Å²) in [6, 6.07) is 13.8. The standard InChI is InChI=1S/C19H23NO2/c1-4-22-19(21)18(20)12-15-7-5-6-8-17(15)16-10-9-13(2)14(3)11-16/h5-11,18H,4,12,20H2,1-3H3. The molecule has 0 aliphatic carbocycles. The van der Waals surface area contributed by atoms with Crippen molar-refractivity contribution in [3.05, 3.63) is 59.2 Å². The average Bonchev–Trinajstić information content (AvgIpc) is 2.51. The first-order valence-corrected chi connectivity index (χ1v) is 7.60. The van der Waals surface area contributed by atoms with E-state index in [1.165, 1.54) is 11.1 Å². The second-order valence-electron chi connectivity index (χ2n) is 5.52. The Morgan fingerprint density at radius 3 is 2.55 bits per heavy atom. The van der Waals surface area contributed by atoms with E-state index in [1.54, 1.807) is 6.92 Å². The SMILES string of the molecule is CCOC(=O)C(N)Cc1ccccc1-c1ccc(C)c(C)c1. The molecule has 2 N–H and O–H groups in total. The Kier molecular flexibility index (Phi) is 5.34. The molecule has 0 heterocycles.